The number of hydrogen-bond acceptors (Lipinski definition) is 5. The number of nitriles is 1. The number of aromatic nitrogens is 1. The minimum absolute atomic E-state index is 0.213. The molecule has 1 heterocycles. The third-order valence-corrected chi connectivity index (χ3v) is 2.70. The largest absolute Gasteiger partial charge is 0.461 e. The Morgan fingerprint density at radius 2 is 2.10 bits per heavy atom. The molecule has 1 amide bonds. The molecule has 106 valence electrons. The summed E-state index contributed by atoms with van der Waals surface area (Å²) in [6.07, 6.45) is -0.214. The normalized spacial score (nSPS) is 9.90. The van der Waals surface area contributed by atoms with Gasteiger partial charge in [0, 0.05) is 11.1 Å². The Hall–Kier alpha value is -2.94. The summed E-state index contributed by atoms with van der Waals surface area (Å²) in [6.45, 7) is 2.00. The second-order valence-corrected chi connectivity index (χ2v) is 4.21. The molecule has 1 N–H and O–H groups in total. The predicted molar refractivity (Wildman–Crippen MR) is 76.6 cm³/mol. The van der Waals surface area contributed by atoms with Crippen LogP contribution in [0, 0.1) is 11.3 Å². The van der Waals surface area contributed by atoms with Crippen molar-refractivity contribution in [3.05, 3.63) is 36.0 Å². The maximum Gasteiger partial charge on any atom is 0.356 e. The van der Waals surface area contributed by atoms with Crippen LogP contribution in [0.3, 0.4) is 0 Å². The Bertz CT molecular complexity index is 735. The summed E-state index contributed by atoms with van der Waals surface area (Å²) in [5.41, 5.74) is 1.30. The average molecular weight is 283 g/mol. The van der Waals surface area contributed by atoms with Crippen molar-refractivity contribution in [2.24, 2.45) is 0 Å². The third kappa shape index (κ3) is 3.54. The van der Waals surface area contributed by atoms with Gasteiger partial charge in [-0.25, -0.2) is 9.78 Å². The number of carbonyl (C=O) groups is 2. The van der Waals surface area contributed by atoms with E-state index in [0.29, 0.717) is 11.2 Å². The van der Waals surface area contributed by atoms with Crippen LogP contribution in [0.25, 0.3) is 10.9 Å². The molecular formula is C15H13N3O3. The fourth-order valence-corrected chi connectivity index (χ4v) is 1.79. The van der Waals surface area contributed by atoms with Crippen molar-refractivity contribution in [2.45, 2.75) is 13.3 Å². The van der Waals surface area contributed by atoms with E-state index in [2.05, 4.69) is 10.3 Å². The van der Waals surface area contributed by atoms with Gasteiger partial charge in [0.05, 0.1) is 18.2 Å². The molecule has 0 aliphatic carbocycles. The van der Waals surface area contributed by atoms with E-state index in [1.165, 1.54) is 0 Å². The molecule has 0 aliphatic heterocycles. The molecule has 21 heavy (non-hydrogen) atoms. The minimum Gasteiger partial charge on any atom is -0.461 e. The van der Waals surface area contributed by atoms with E-state index in [-0.39, 0.29) is 18.7 Å². The first-order valence-corrected chi connectivity index (χ1v) is 6.38. The maximum absolute atomic E-state index is 11.6. The van der Waals surface area contributed by atoms with Crippen molar-refractivity contribution in [1.29, 1.82) is 5.26 Å². The molecule has 0 bridgehead atoms. The van der Waals surface area contributed by atoms with Crippen molar-refractivity contribution in [1.82, 2.24) is 4.98 Å². The number of nitrogens with zero attached hydrogens (tertiary/aromatic N) is 2. The van der Waals surface area contributed by atoms with Crippen molar-refractivity contribution < 1.29 is 14.3 Å². The first kappa shape index (κ1) is 14.5. The Morgan fingerprint density at radius 3 is 2.81 bits per heavy atom. The molecule has 0 saturated heterocycles. The lowest BCUT2D eigenvalue weighted by Crippen LogP contribution is -2.10. The van der Waals surface area contributed by atoms with E-state index in [9.17, 15) is 9.59 Å². The van der Waals surface area contributed by atoms with Gasteiger partial charge >= 0.3 is 5.97 Å². The van der Waals surface area contributed by atoms with Crippen molar-refractivity contribution in [2.75, 3.05) is 11.9 Å². The number of ether oxygens (including phenoxy) is 1. The number of fused-ring (bicyclic) bond motifs is 1. The summed E-state index contributed by atoms with van der Waals surface area (Å²) in [4.78, 5) is 27.2. The highest BCUT2D eigenvalue weighted by atomic mass is 16.5. The second-order valence-electron chi connectivity index (χ2n) is 4.21. The highest BCUT2D eigenvalue weighted by Gasteiger charge is 2.09. The molecule has 0 atom stereocenters. The average Bonchev–Trinajstić information content (AvgIpc) is 2.47. The van der Waals surface area contributed by atoms with Crippen LogP contribution in [-0.2, 0) is 9.53 Å². The van der Waals surface area contributed by atoms with E-state index >= 15 is 0 Å². The van der Waals surface area contributed by atoms with Crippen LogP contribution < -0.4 is 5.32 Å². The Balaban J connectivity index is 2.30. The quantitative estimate of drug-likeness (QED) is 0.869. The maximum atomic E-state index is 11.6. The van der Waals surface area contributed by atoms with E-state index in [0.717, 1.165) is 5.39 Å². The summed E-state index contributed by atoms with van der Waals surface area (Å²) in [6, 6.07) is 10.3. The van der Waals surface area contributed by atoms with Crippen LogP contribution in [-0.4, -0.2) is 23.5 Å². The summed E-state index contributed by atoms with van der Waals surface area (Å²) in [7, 11) is 0. The van der Waals surface area contributed by atoms with Crippen LogP contribution in [0.15, 0.2) is 30.3 Å². The van der Waals surface area contributed by atoms with E-state index in [1.807, 2.05) is 0 Å². The lowest BCUT2D eigenvalue weighted by Gasteiger charge is -2.06. The number of pyridine rings is 1. The zero-order valence-corrected chi connectivity index (χ0v) is 11.4. The van der Waals surface area contributed by atoms with Crippen LogP contribution in [0.2, 0.25) is 0 Å². The van der Waals surface area contributed by atoms with Gasteiger partial charge in [-0.15, -0.1) is 0 Å². The molecule has 1 aromatic heterocycles. The molecule has 0 fully saturated rings. The molecule has 0 aliphatic rings. The summed E-state index contributed by atoms with van der Waals surface area (Å²) < 4.78 is 4.90. The smallest absolute Gasteiger partial charge is 0.356 e. The fourth-order valence-electron chi connectivity index (χ4n) is 1.79. The summed E-state index contributed by atoms with van der Waals surface area (Å²) >= 11 is 0. The molecule has 6 heteroatoms. The van der Waals surface area contributed by atoms with Gasteiger partial charge < -0.3 is 10.1 Å². The van der Waals surface area contributed by atoms with Crippen molar-refractivity contribution in [3.8, 4) is 6.07 Å². The number of rotatable bonds is 4. The second kappa shape index (κ2) is 6.48. The fraction of sp³-hybridized carbons (Fsp3) is 0.200. The van der Waals surface area contributed by atoms with Crippen LogP contribution >= 0.6 is 0 Å². The molecule has 2 aromatic rings. The number of carbonyl (C=O) groups excluding carboxylic acids is 2. The van der Waals surface area contributed by atoms with E-state index in [1.54, 1.807) is 43.3 Å². The van der Waals surface area contributed by atoms with Gasteiger partial charge in [-0.2, -0.15) is 5.26 Å². The Kier molecular flexibility index (Phi) is 4.46. The van der Waals surface area contributed by atoms with Crippen LogP contribution in [0.4, 0.5) is 5.69 Å². The van der Waals surface area contributed by atoms with Gasteiger partial charge in [0.25, 0.3) is 0 Å². The highest BCUT2D eigenvalue weighted by Crippen LogP contribution is 2.18. The van der Waals surface area contributed by atoms with E-state index in [4.69, 9.17) is 10.00 Å². The zero-order chi connectivity index (χ0) is 15.2. The number of anilines is 1. The predicted octanol–water partition coefficient (Wildman–Crippen LogP) is 2.26. The summed E-state index contributed by atoms with van der Waals surface area (Å²) in [5.74, 6) is -0.878. The Labute approximate surface area is 121 Å². The molecular weight excluding hydrogens is 270 g/mol. The summed E-state index contributed by atoms with van der Waals surface area (Å²) in [5, 5.41) is 11.9. The molecule has 0 unspecified atom stereocenters. The molecule has 6 nitrogen and oxygen atoms in total. The number of amides is 1. The number of nitrogens with one attached hydrogen (secondary N) is 1. The molecule has 0 radical (unpaired) electrons. The standard InChI is InChI=1S/C15H13N3O3/c1-2-21-15(20)12-6-4-10-3-5-11(9-13(10)18-12)17-14(19)7-8-16/h3-6,9H,2,7H2,1H3,(H,17,19). The first-order chi connectivity index (χ1) is 10.1. The SMILES string of the molecule is CCOC(=O)c1ccc2ccc(NC(=O)CC#N)cc2n1. The molecule has 2 rings (SSSR count). The monoisotopic (exact) mass is 283 g/mol. The van der Waals surface area contributed by atoms with Crippen molar-refractivity contribution >= 4 is 28.5 Å². The first-order valence-electron chi connectivity index (χ1n) is 6.38. The van der Waals surface area contributed by atoms with Gasteiger partial charge in [-0.05, 0) is 25.1 Å². The van der Waals surface area contributed by atoms with Crippen LogP contribution in [0.5, 0.6) is 0 Å². The van der Waals surface area contributed by atoms with E-state index < -0.39 is 11.9 Å². The number of esters is 1. The number of hydrogen-bond donors (Lipinski definition) is 1. The number of benzene rings is 1. The minimum atomic E-state index is -0.488. The lowest BCUT2D eigenvalue weighted by molar-refractivity contribution is -0.115. The van der Waals surface area contributed by atoms with Crippen LogP contribution in [0.1, 0.15) is 23.8 Å². The molecule has 0 saturated carbocycles. The zero-order valence-electron chi connectivity index (χ0n) is 11.4. The Morgan fingerprint density at radius 1 is 1.33 bits per heavy atom. The lowest BCUT2D eigenvalue weighted by atomic mass is 10.2. The van der Waals surface area contributed by atoms with Gasteiger partial charge in [-0.3, -0.25) is 4.79 Å². The highest BCUT2D eigenvalue weighted by molar-refractivity contribution is 5.95. The van der Waals surface area contributed by atoms with Gasteiger partial charge in [0.1, 0.15) is 12.1 Å². The van der Waals surface area contributed by atoms with Crippen molar-refractivity contribution in [3.63, 3.8) is 0 Å². The topological polar surface area (TPSA) is 92.1 Å². The van der Waals surface area contributed by atoms with Gasteiger partial charge in [-0.1, -0.05) is 12.1 Å². The molecule has 0 spiro atoms. The van der Waals surface area contributed by atoms with Gasteiger partial charge in [0.15, 0.2) is 0 Å². The third-order valence-electron chi connectivity index (χ3n) is 2.70. The molecule has 1 aromatic carbocycles. The van der Waals surface area contributed by atoms with Gasteiger partial charge in [0.2, 0.25) is 5.91 Å².